The summed E-state index contributed by atoms with van der Waals surface area (Å²) in [7, 11) is 0. The predicted molar refractivity (Wildman–Crippen MR) is 93.4 cm³/mol. The Kier molecular flexibility index (Phi) is 9.62. The first-order valence-electron chi connectivity index (χ1n) is 8.39. The lowest BCUT2D eigenvalue weighted by molar-refractivity contribution is 0.208. The molecule has 0 aromatic rings. The van der Waals surface area contributed by atoms with Crippen LogP contribution in [0.5, 0.6) is 0 Å². The summed E-state index contributed by atoms with van der Waals surface area (Å²) in [6, 6.07) is 0. The van der Waals surface area contributed by atoms with E-state index in [1.165, 1.54) is 16.7 Å². The summed E-state index contributed by atoms with van der Waals surface area (Å²) in [5.41, 5.74) is 4.06. The van der Waals surface area contributed by atoms with E-state index in [-0.39, 0.29) is 12.7 Å². The molecule has 2 heteroatoms. The second kappa shape index (κ2) is 11.3. The molecule has 0 aromatic heterocycles. The van der Waals surface area contributed by atoms with Crippen LogP contribution in [0.25, 0.3) is 0 Å². The second-order valence-corrected chi connectivity index (χ2v) is 6.01. The van der Waals surface area contributed by atoms with Crippen molar-refractivity contribution in [3.8, 4) is 11.8 Å². The average molecular weight is 302 g/mol. The molecule has 0 heterocycles. The van der Waals surface area contributed by atoms with E-state index in [0.29, 0.717) is 0 Å². The fourth-order valence-corrected chi connectivity index (χ4v) is 2.78. The van der Waals surface area contributed by atoms with E-state index in [9.17, 15) is 5.11 Å². The summed E-state index contributed by atoms with van der Waals surface area (Å²) in [4.78, 5) is 0. The summed E-state index contributed by atoms with van der Waals surface area (Å²) < 4.78 is 0. The number of aliphatic hydroxyl groups is 2. The maximum atomic E-state index is 9.86. The molecular weight excluding hydrogens is 272 g/mol. The largest absolute Gasteiger partial charge is 0.389 e. The molecule has 0 spiro atoms. The first kappa shape index (κ1) is 18.7. The van der Waals surface area contributed by atoms with Crippen molar-refractivity contribution >= 4 is 0 Å². The zero-order valence-corrected chi connectivity index (χ0v) is 14.1. The average Bonchev–Trinajstić information content (AvgIpc) is 2.82. The highest BCUT2D eigenvalue weighted by atomic mass is 16.3. The molecule has 122 valence electrons. The van der Waals surface area contributed by atoms with E-state index in [1.54, 1.807) is 0 Å². The Morgan fingerprint density at radius 3 is 2.68 bits per heavy atom. The van der Waals surface area contributed by atoms with Crippen LogP contribution in [-0.4, -0.2) is 22.9 Å². The fourth-order valence-electron chi connectivity index (χ4n) is 2.78. The molecule has 0 aromatic carbocycles. The summed E-state index contributed by atoms with van der Waals surface area (Å²) in [6.07, 6.45) is 14.5. The summed E-state index contributed by atoms with van der Waals surface area (Å²) in [6.45, 7) is 4.27. The number of hydrogen-bond acceptors (Lipinski definition) is 2. The third kappa shape index (κ3) is 7.64. The van der Waals surface area contributed by atoms with Crippen LogP contribution in [0.4, 0.5) is 0 Å². The molecule has 0 radical (unpaired) electrons. The van der Waals surface area contributed by atoms with Crippen LogP contribution in [-0.2, 0) is 0 Å². The van der Waals surface area contributed by atoms with Crippen LogP contribution < -0.4 is 0 Å². The normalized spacial score (nSPS) is 18.9. The van der Waals surface area contributed by atoms with Gasteiger partial charge in [0.05, 0.1) is 6.10 Å². The third-order valence-corrected chi connectivity index (χ3v) is 4.16. The summed E-state index contributed by atoms with van der Waals surface area (Å²) in [5.74, 6) is 5.59. The topological polar surface area (TPSA) is 40.5 Å². The Morgan fingerprint density at radius 2 is 2.00 bits per heavy atom. The maximum Gasteiger partial charge on any atom is 0.104 e. The van der Waals surface area contributed by atoms with Crippen molar-refractivity contribution in [3.05, 3.63) is 34.9 Å². The van der Waals surface area contributed by atoms with Crippen LogP contribution >= 0.6 is 0 Å². The highest BCUT2D eigenvalue weighted by molar-refractivity contribution is 5.22. The molecule has 0 bridgehead atoms. The van der Waals surface area contributed by atoms with Crippen LogP contribution in [0.1, 0.15) is 65.2 Å². The van der Waals surface area contributed by atoms with Gasteiger partial charge in [-0.25, -0.2) is 0 Å². The van der Waals surface area contributed by atoms with Gasteiger partial charge in [0, 0.05) is 6.42 Å². The molecule has 22 heavy (non-hydrogen) atoms. The van der Waals surface area contributed by atoms with Crippen molar-refractivity contribution in [3.63, 3.8) is 0 Å². The van der Waals surface area contributed by atoms with Gasteiger partial charge in [0.15, 0.2) is 0 Å². The molecule has 2 nitrogen and oxygen atoms in total. The van der Waals surface area contributed by atoms with E-state index < -0.39 is 0 Å². The van der Waals surface area contributed by atoms with E-state index in [0.717, 1.165) is 51.4 Å². The molecule has 0 aliphatic heterocycles. The van der Waals surface area contributed by atoms with Gasteiger partial charge < -0.3 is 10.2 Å². The van der Waals surface area contributed by atoms with Gasteiger partial charge in [-0.1, -0.05) is 35.3 Å². The molecule has 1 atom stereocenters. The Balaban J connectivity index is 2.13. The van der Waals surface area contributed by atoms with Gasteiger partial charge in [0.25, 0.3) is 0 Å². The molecule has 1 unspecified atom stereocenters. The Hall–Kier alpha value is -1.30. The Bertz CT molecular complexity index is 472. The van der Waals surface area contributed by atoms with Gasteiger partial charge in [0.2, 0.25) is 0 Å². The van der Waals surface area contributed by atoms with Crippen molar-refractivity contribution in [2.24, 2.45) is 0 Å². The molecule has 1 rings (SSSR count). The molecule has 0 saturated heterocycles. The number of aliphatic hydroxyl groups excluding tert-OH is 2. The third-order valence-electron chi connectivity index (χ3n) is 4.16. The molecular formula is C20H30O2. The van der Waals surface area contributed by atoms with Crippen molar-refractivity contribution in [2.75, 3.05) is 6.61 Å². The zero-order valence-electron chi connectivity index (χ0n) is 14.1. The highest BCUT2D eigenvalue weighted by Gasteiger charge is 2.19. The standard InChI is InChI=1S/C20H30O2/c1-17(12-8-5-6-10-16-21)11-7-3-4-9-13-19-18(2)14-15-20(19)22/h3-4,12,20-22H,5,7-9,11,13-16H2,1-2H3. The lowest BCUT2D eigenvalue weighted by atomic mass is 10.0. The van der Waals surface area contributed by atoms with Crippen molar-refractivity contribution in [1.29, 1.82) is 0 Å². The first-order valence-corrected chi connectivity index (χ1v) is 8.39. The SMILES string of the molecule is CC(=CCCC#CCO)CCC=CCCC1=C(C)CCC1O. The first-order chi connectivity index (χ1) is 10.6. The van der Waals surface area contributed by atoms with Crippen molar-refractivity contribution in [1.82, 2.24) is 0 Å². The molecule has 0 fully saturated rings. The smallest absolute Gasteiger partial charge is 0.104 e. The minimum Gasteiger partial charge on any atom is -0.389 e. The molecule has 2 N–H and O–H groups in total. The molecule has 1 aliphatic carbocycles. The number of rotatable bonds is 8. The summed E-state index contributed by atoms with van der Waals surface area (Å²) >= 11 is 0. The predicted octanol–water partition coefficient (Wildman–Crippen LogP) is 4.30. The van der Waals surface area contributed by atoms with Gasteiger partial charge in [-0.15, -0.1) is 5.92 Å². The van der Waals surface area contributed by atoms with Crippen LogP contribution in [0.3, 0.4) is 0 Å². The Morgan fingerprint density at radius 1 is 1.23 bits per heavy atom. The molecule has 0 amide bonds. The van der Waals surface area contributed by atoms with E-state index in [4.69, 9.17) is 5.11 Å². The van der Waals surface area contributed by atoms with E-state index in [1.807, 2.05) is 0 Å². The minimum absolute atomic E-state index is 0.0407. The fraction of sp³-hybridized carbons (Fsp3) is 0.600. The van der Waals surface area contributed by atoms with E-state index >= 15 is 0 Å². The quantitative estimate of drug-likeness (QED) is 0.399. The maximum absolute atomic E-state index is 9.86. The van der Waals surface area contributed by atoms with Crippen LogP contribution in [0.2, 0.25) is 0 Å². The lowest BCUT2D eigenvalue weighted by Gasteiger charge is -2.07. The number of allylic oxidation sites excluding steroid dienone is 5. The minimum atomic E-state index is -0.187. The lowest BCUT2D eigenvalue weighted by Crippen LogP contribution is -2.04. The van der Waals surface area contributed by atoms with Gasteiger partial charge in [0.1, 0.15) is 6.61 Å². The molecule has 1 aliphatic rings. The second-order valence-electron chi connectivity index (χ2n) is 6.01. The van der Waals surface area contributed by atoms with Crippen LogP contribution in [0.15, 0.2) is 34.9 Å². The van der Waals surface area contributed by atoms with Gasteiger partial charge in [-0.2, -0.15) is 0 Å². The van der Waals surface area contributed by atoms with Crippen molar-refractivity contribution < 1.29 is 10.2 Å². The van der Waals surface area contributed by atoms with Crippen LogP contribution in [0, 0.1) is 11.8 Å². The Labute approximate surface area is 135 Å². The van der Waals surface area contributed by atoms with Gasteiger partial charge in [-0.3, -0.25) is 0 Å². The van der Waals surface area contributed by atoms with Crippen molar-refractivity contribution in [2.45, 2.75) is 71.3 Å². The monoisotopic (exact) mass is 302 g/mol. The highest BCUT2D eigenvalue weighted by Crippen LogP contribution is 2.29. The zero-order chi connectivity index (χ0) is 16.2. The van der Waals surface area contributed by atoms with Gasteiger partial charge in [-0.05, 0) is 64.4 Å². The summed E-state index contributed by atoms with van der Waals surface area (Å²) in [5, 5.41) is 18.4. The number of unbranched alkanes of at least 4 members (excludes halogenated alkanes) is 1. The van der Waals surface area contributed by atoms with E-state index in [2.05, 4.69) is 43.9 Å². The molecule has 0 saturated carbocycles. The van der Waals surface area contributed by atoms with Gasteiger partial charge >= 0.3 is 0 Å². The number of hydrogen-bond donors (Lipinski definition) is 2.